The van der Waals surface area contributed by atoms with Gasteiger partial charge >= 0.3 is 0 Å². The summed E-state index contributed by atoms with van der Waals surface area (Å²) in [6.07, 6.45) is 1.87. The molecule has 7 aromatic rings. The Morgan fingerprint density at radius 3 is 2.28 bits per heavy atom. The first-order chi connectivity index (χ1) is 21.2. The quantitative estimate of drug-likeness (QED) is 0.169. The monoisotopic (exact) mass is 740 g/mol. The van der Waals surface area contributed by atoms with E-state index in [1.165, 1.54) is 5.56 Å². The minimum absolute atomic E-state index is 0. The standard InChI is InChI=1S/C27H23N2O.C11H8N.Ir/c1-27(2,3)19-14-15-28-24(17-19)23-11-7-10-21-22-13-12-20(29-26(22)30-25(21)23)16-18-8-5-4-6-9-18;1-2-6-10(7-3-1)11-8-4-5-9-12-11;/h4-10,12-15,17H,16H2,1-3H3;1-6,8-9H;/q2*-1;/i16D2;;. The second-order valence-corrected chi connectivity index (χ2v) is 10.9. The fourth-order valence-electron chi connectivity index (χ4n) is 4.66. The van der Waals surface area contributed by atoms with Crippen molar-refractivity contribution in [1.29, 1.82) is 0 Å². The molecule has 0 aliphatic carbocycles. The van der Waals surface area contributed by atoms with E-state index < -0.39 is 6.37 Å². The van der Waals surface area contributed by atoms with Crippen molar-refractivity contribution in [2.24, 2.45) is 0 Å². The molecule has 0 fully saturated rings. The second-order valence-electron chi connectivity index (χ2n) is 10.9. The first-order valence-corrected chi connectivity index (χ1v) is 13.9. The van der Waals surface area contributed by atoms with E-state index in [4.69, 9.17) is 7.16 Å². The first kappa shape index (κ1) is 27.4. The molecule has 0 N–H and O–H groups in total. The van der Waals surface area contributed by atoms with E-state index in [1.807, 2.05) is 91.1 Å². The van der Waals surface area contributed by atoms with Gasteiger partial charge in [-0.15, -0.1) is 54.1 Å². The molecular weight excluding hydrogens is 707 g/mol. The van der Waals surface area contributed by atoms with Gasteiger partial charge in [-0.2, -0.15) is 0 Å². The molecule has 43 heavy (non-hydrogen) atoms. The molecule has 0 spiro atoms. The molecule has 0 saturated carbocycles. The second kappa shape index (κ2) is 13.2. The van der Waals surface area contributed by atoms with Crippen LogP contribution in [0, 0.1) is 12.1 Å². The largest absolute Gasteiger partial charge is 0.486 e. The Morgan fingerprint density at radius 2 is 1.53 bits per heavy atom. The number of pyridine rings is 3. The van der Waals surface area contributed by atoms with Gasteiger partial charge in [0.2, 0.25) is 5.71 Å². The van der Waals surface area contributed by atoms with Crippen molar-refractivity contribution >= 4 is 22.1 Å². The Bertz CT molecular complexity index is 1990. The number of rotatable bonds is 4. The van der Waals surface area contributed by atoms with Crippen molar-refractivity contribution in [1.82, 2.24) is 15.0 Å². The van der Waals surface area contributed by atoms with E-state index in [9.17, 15) is 0 Å². The number of nitrogens with zero attached hydrogens (tertiary/aromatic N) is 3. The van der Waals surface area contributed by atoms with Crippen molar-refractivity contribution in [3.05, 3.63) is 151 Å². The Balaban J connectivity index is 0.000000258. The summed E-state index contributed by atoms with van der Waals surface area (Å²) < 4.78 is 23.4. The van der Waals surface area contributed by atoms with Crippen molar-refractivity contribution in [3.8, 4) is 22.5 Å². The van der Waals surface area contributed by atoms with E-state index in [2.05, 4.69) is 53.9 Å². The summed E-state index contributed by atoms with van der Waals surface area (Å²) in [5, 5.41) is 1.76. The molecule has 0 aliphatic heterocycles. The Hall–Kier alpha value is -4.44. The third kappa shape index (κ3) is 6.97. The van der Waals surface area contributed by atoms with E-state index >= 15 is 0 Å². The van der Waals surface area contributed by atoms with Crippen LogP contribution in [0.25, 0.3) is 44.6 Å². The fraction of sp³-hybridized carbons (Fsp3) is 0.132. The van der Waals surface area contributed by atoms with Crippen LogP contribution in [0.1, 0.15) is 40.3 Å². The zero-order chi connectivity index (χ0) is 30.7. The number of furan rings is 1. The summed E-state index contributed by atoms with van der Waals surface area (Å²) in [5.74, 6) is 0. The van der Waals surface area contributed by atoms with Crippen molar-refractivity contribution < 1.29 is 27.3 Å². The Labute approximate surface area is 269 Å². The Kier molecular flexibility index (Phi) is 8.44. The minimum Gasteiger partial charge on any atom is -0.486 e. The third-order valence-electron chi connectivity index (χ3n) is 6.88. The van der Waals surface area contributed by atoms with Gasteiger partial charge in [0.1, 0.15) is 0 Å². The topological polar surface area (TPSA) is 51.8 Å². The van der Waals surface area contributed by atoms with Gasteiger partial charge in [0, 0.05) is 52.7 Å². The van der Waals surface area contributed by atoms with Crippen LogP contribution < -0.4 is 0 Å². The predicted octanol–water partition coefficient (Wildman–Crippen LogP) is 9.28. The summed E-state index contributed by atoms with van der Waals surface area (Å²) in [6, 6.07) is 40.7. The van der Waals surface area contributed by atoms with Crippen molar-refractivity contribution in [2.45, 2.75) is 32.6 Å². The van der Waals surface area contributed by atoms with Gasteiger partial charge in [-0.3, -0.25) is 0 Å². The average molecular weight is 740 g/mol. The maximum atomic E-state index is 8.62. The van der Waals surface area contributed by atoms with E-state index in [0.717, 1.165) is 33.3 Å². The Morgan fingerprint density at radius 1 is 0.744 bits per heavy atom. The predicted molar refractivity (Wildman–Crippen MR) is 170 cm³/mol. The molecule has 0 aliphatic rings. The molecule has 4 nitrogen and oxygen atoms in total. The van der Waals surface area contributed by atoms with Crippen LogP contribution in [0.2, 0.25) is 0 Å². The molecular formula is C38H31IrN3O-2. The number of benzene rings is 3. The maximum absolute atomic E-state index is 8.62. The van der Waals surface area contributed by atoms with Crippen LogP contribution >= 0.6 is 0 Å². The molecule has 7 rings (SSSR count). The molecule has 4 heterocycles. The van der Waals surface area contributed by atoms with Crippen LogP contribution in [-0.4, -0.2) is 15.0 Å². The van der Waals surface area contributed by atoms with Gasteiger partial charge in [0.15, 0.2) is 0 Å². The summed E-state index contributed by atoms with van der Waals surface area (Å²) in [7, 11) is 0. The van der Waals surface area contributed by atoms with Crippen molar-refractivity contribution in [2.75, 3.05) is 0 Å². The average Bonchev–Trinajstić information content (AvgIpc) is 3.44. The number of aromatic nitrogens is 3. The van der Waals surface area contributed by atoms with E-state index in [-0.39, 0.29) is 25.5 Å². The van der Waals surface area contributed by atoms with Gasteiger partial charge in [-0.1, -0.05) is 80.3 Å². The summed E-state index contributed by atoms with van der Waals surface area (Å²) in [6.45, 7) is 6.51. The molecule has 0 unspecified atom stereocenters. The van der Waals surface area contributed by atoms with Crippen LogP contribution in [0.4, 0.5) is 0 Å². The van der Waals surface area contributed by atoms with E-state index in [0.29, 0.717) is 22.6 Å². The summed E-state index contributed by atoms with van der Waals surface area (Å²) >= 11 is 0. The van der Waals surface area contributed by atoms with Gasteiger partial charge in [-0.05, 0) is 52.2 Å². The van der Waals surface area contributed by atoms with Gasteiger partial charge in [0.05, 0.1) is 5.58 Å². The van der Waals surface area contributed by atoms with Crippen LogP contribution in [0.5, 0.6) is 0 Å². The maximum Gasteiger partial charge on any atom is 0.216 e. The minimum atomic E-state index is -1.73. The SMILES string of the molecule is [2H]C([2H])(c1ccccc1)c1ccc2c(n1)oc1c(-c3cc(C(C)(C)C)ccn3)[c-]ccc12.[Ir].[c-]1ccccc1-c1ccccn1. The molecule has 0 amide bonds. The van der Waals surface area contributed by atoms with Crippen LogP contribution in [0.3, 0.4) is 0 Å². The van der Waals surface area contributed by atoms with Crippen LogP contribution in [-0.2, 0) is 31.9 Å². The van der Waals surface area contributed by atoms with Gasteiger partial charge < -0.3 is 14.4 Å². The zero-order valence-electron chi connectivity index (χ0n) is 26.1. The van der Waals surface area contributed by atoms with Gasteiger partial charge in [0.25, 0.3) is 0 Å². The molecule has 0 atom stereocenters. The first-order valence-electron chi connectivity index (χ1n) is 14.9. The smallest absolute Gasteiger partial charge is 0.216 e. The normalized spacial score (nSPS) is 12.1. The molecule has 0 saturated heterocycles. The number of fused-ring (bicyclic) bond motifs is 3. The number of hydrogen-bond acceptors (Lipinski definition) is 4. The molecule has 5 heteroatoms. The summed E-state index contributed by atoms with van der Waals surface area (Å²) in [5.41, 5.74) is 6.70. The molecule has 0 bridgehead atoms. The molecule has 4 aromatic heterocycles. The van der Waals surface area contributed by atoms with Crippen LogP contribution in [0.15, 0.2) is 126 Å². The third-order valence-corrected chi connectivity index (χ3v) is 6.88. The number of hydrogen-bond donors (Lipinski definition) is 0. The van der Waals surface area contributed by atoms with Crippen molar-refractivity contribution in [3.63, 3.8) is 0 Å². The van der Waals surface area contributed by atoms with E-state index in [1.54, 1.807) is 24.4 Å². The summed E-state index contributed by atoms with van der Waals surface area (Å²) in [4.78, 5) is 13.4. The molecule has 215 valence electrons. The zero-order valence-corrected chi connectivity index (χ0v) is 26.5. The van der Waals surface area contributed by atoms with Gasteiger partial charge in [-0.25, -0.2) is 4.98 Å². The molecule has 1 radical (unpaired) electrons. The fourth-order valence-corrected chi connectivity index (χ4v) is 4.66. The molecule has 3 aromatic carbocycles.